The van der Waals surface area contributed by atoms with Gasteiger partial charge < -0.3 is 0 Å². The Bertz CT molecular complexity index is 930. The third kappa shape index (κ3) is 2.56. The van der Waals surface area contributed by atoms with Gasteiger partial charge in [-0.05, 0) is 0 Å². The number of hydrogen-bond donors (Lipinski definition) is 2. The molecule has 0 atom stereocenters. The number of nitrogens with zero attached hydrogens (tertiary/aromatic N) is 2. The minimum absolute atomic E-state index is 0.281. The first-order valence-electron chi connectivity index (χ1n) is 5.54. The molecule has 0 radical (unpaired) electrons. The first-order valence-corrected chi connectivity index (χ1v) is 8.56. The maximum atomic E-state index is 12.2. The van der Waals surface area contributed by atoms with Gasteiger partial charge in [0.05, 0.1) is 0 Å². The maximum absolute atomic E-state index is 12.2. The predicted octanol–water partition coefficient (Wildman–Crippen LogP) is 0.779. The number of anilines is 1. The monoisotopic (exact) mass is 373 g/mol. The Hall–Kier alpha value is -2.16. The van der Waals surface area contributed by atoms with Crippen LogP contribution < -0.4 is 4.72 Å². The molecule has 0 aliphatic carbocycles. The van der Waals surface area contributed by atoms with E-state index in [0.717, 1.165) is 12.1 Å². The van der Waals surface area contributed by atoms with Gasteiger partial charge in [-0.25, -0.2) is 0 Å². The van der Waals surface area contributed by atoms with E-state index in [0.29, 0.717) is 11.0 Å². The molecule has 0 fully saturated rings. The summed E-state index contributed by atoms with van der Waals surface area (Å²) in [5, 5.41) is 8.27. The first kappa shape index (κ1) is 13.8. The van der Waals surface area contributed by atoms with Crippen molar-refractivity contribution in [3.63, 3.8) is 0 Å². The number of carboxylic acid groups (broad SMARTS) is 1. The summed E-state index contributed by atoms with van der Waals surface area (Å²) in [6.45, 7) is 0. The van der Waals surface area contributed by atoms with Crippen molar-refractivity contribution in [3.8, 4) is 0 Å². The molecule has 10 heteroatoms. The minimum atomic E-state index is -4.02. The molecule has 3 aromatic rings. The third-order valence-electron chi connectivity index (χ3n) is 2.59. The van der Waals surface area contributed by atoms with Gasteiger partial charge in [0.15, 0.2) is 0 Å². The molecule has 0 bridgehead atoms. The summed E-state index contributed by atoms with van der Waals surface area (Å²) < 4.78 is 39.8. The van der Waals surface area contributed by atoms with E-state index >= 15 is 0 Å². The van der Waals surface area contributed by atoms with Gasteiger partial charge in [-0.3, -0.25) is 0 Å². The number of hydrogen-bond acceptors (Lipinski definition) is 6. The molecule has 2 aromatic heterocycles. The molecule has 3 rings (SSSR count). The Labute approximate surface area is 124 Å². The molecule has 1 aromatic carbocycles. The van der Waals surface area contributed by atoms with E-state index in [1.165, 1.54) is 0 Å². The topological polar surface area (TPSA) is 122 Å². The van der Waals surface area contributed by atoms with Gasteiger partial charge in [-0.15, -0.1) is 0 Å². The Morgan fingerprint density at radius 2 is 2.05 bits per heavy atom. The Balaban J connectivity index is 1.99. The van der Waals surface area contributed by atoms with E-state index in [1.54, 1.807) is 18.2 Å². The van der Waals surface area contributed by atoms with Gasteiger partial charge in [0.1, 0.15) is 0 Å². The third-order valence-corrected chi connectivity index (χ3v) is 4.96. The molecule has 0 unspecified atom stereocenters. The fraction of sp³-hybridized carbons (Fsp3) is 0. The Morgan fingerprint density at radius 1 is 1.24 bits per heavy atom. The van der Waals surface area contributed by atoms with E-state index < -0.39 is 26.8 Å². The molecule has 0 saturated heterocycles. The first-order chi connectivity index (χ1) is 9.97. The number of aromatic carboxylic acids is 1. The Morgan fingerprint density at radius 3 is 2.76 bits per heavy atom. The van der Waals surface area contributed by atoms with Crippen LogP contribution in [-0.2, 0) is 10.0 Å². The van der Waals surface area contributed by atoms with Gasteiger partial charge in [0.25, 0.3) is 0 Å². The number of fused-ring (bicyclic) bond motifs is 1. The zero-order valence-electron chi connectivity index (χ0n) is 10.2. The van der Waals surface area contributed by atoms with E-state index in [2.05, 4.69) is 12.7 Å². The SMILES string of the molecule is O=C(O)c1ccc(S(=O)(=O)Nc2cccc3n[se]nc23)o1. The van der Waals surface area contributed by atoms with Crippen LogP contribution in [0.25, 0.3) is 11.0 Å². The average molecular weight is 372 g/mol. The van der Waals surface area contributed by atoms with Gasteiger partial charge >= 0.3 is 124 Å². The van der Waals surface area contributed by atoms with Crippen LogP contribution in [0.2, 0.25) is 0 Å². The fourth-order valence-electron chi connectivity index (χ4n) is 1.66. The summed E-state index contributed by atoms with van der Waals surface area (Å²) in [5.74, 6) is -1.79. The second-order valence-electron chi connectivity index (χ2n) is 3.97. The van der Waals surface area contributed by atoms with E-state index in [1.807, 2.05) is 0 Å². The van der Waals surface area contributed by atoms with Gasteiger partial charge in [0, 0.05) is 0 Å². The predicted molar refractivity (Wildman–Crippen MR) is 73.0 cm³/mol. The number of furan rings is 1. The Kier molecular flexibility index (Phi) is 3.28. The quantitative estimate of drug-likeness (QED) is 0.649. The number of nitrogens with one attached hydrogen (secondary N) is 1. The molecule has 21 heavy (non-hydrogen) atoms. The summed E-state index contributed by atoms with van der Waals surface area (Å²) in [5.41, 5.74) is 1.39. The van der Waals surface area contributed by atoms with Crippen molar-refractivity contribution in [1.82, 2.24) is 7.96 Å². The van der Waals surface area contributed by atoms with Crippen LogP contribution in [0.3, 0.4) is 0 Å². The molecule has 0 aliphatic rings. The van der Waals surface area contributed by atoms with Crippen molar-refractivity contribution >= 4 is 47.7 Å². The molecular formula is C11H7N3O5SSe. The molecule has 2 heterocycles. The zero-order chi connectivity index (χ0) is 15.0. The summed E-state index contributed by atoms with van der Waals surface area (Å²) in [7, 11) is -4.02. The van der Waals surface area contributed by atoms with Crippen LogP contribution in [0.5, 0.6) is 0 Å². The molecule has 108 valence electrons. The van der Waals surface area contributed by atoms with Crippen LogP contribution in [0.15, 0.2) is 39.8 Å². The molecule has 2 N–H and O–H groups in total. The van der Waals surface area contributed by atoms with Crippen molar-refractivity contribution in [3.05, 3.63) is 36.1 Å². The van der Waals surface area contributed by atoms with Crippen molar-refractivity contribution in [2.75, 3.05) is 4.72 Å². The summed E-state index contributed by atoms with van der Waals surface area (Å²) >= 11 is -0.287. The number of carboxylic acids is 1. The van der Waals surface area contributed by atoms with Gasteiger partial charge in [-0.2, -0.15) is 0 Å². The number of aromatic nitrogens is 2. The van der Waals surface area contributed by atoms with Crippen LogP contribution in [-0.4, -0.2) is 42.4 Å². The van der Waals surface area contributed by atoms with E-state index in [-0.39, 0.29) is 20.6 Å². The van der Waals surface area contributed by atoms with Crippen LogP contribution in [0.4, 0.5) is 5.69 Å². The number of carbonyl (C=O) groups is 1. The molecular weight excluding hydrogens is 365 g/mol. The van der Waals surface area contributed by atoms with Crippen molar-refractivity contribution in [1.29, 1.82) is 0 Å². The van der Waals surface area contributed by atoms with Crippen molar-refractivity contribution in [2.45, 2.75) is 5.09 Å². The van der Waals surface area contributed by atoms with E-state index in [4.69, 9.17) is 9.52 Å². The standard InChI is InChI=1S/C11H7N3O5SSe/c15-11(16)8-4-5-9(19-8)20(17,18)12-6-2-1-3-7-10(6)14-21-13-7/h1-5,12H,(H,15,16). The van der Waals surface area contributed by atoms with E-state index in [9.17, 15) is 13.2 Å². The number of rotatable bonds is 4. The summed E-state index contributed by atoms with van der Waals surface area (Å²) in [6, 6.07) is 7.11. The van der Waals surface area contributed by atoms with Crippen molar-refractivity contribution < 1.29 is 22.7 Å². The number of sulfonamides is 1. The fourth-order valence-corrected chi connectivity index (χ4v) is 3.82. The zero-order valence-corrected chi connectivity index (χ0v) is 12.7. The second-order valence-corrected chi connectivity index (χ2v) is 6.69. The molecule has 0 aliphatic heterocycles. The molecule has 0 saturated carbocycles. The second kappa shape index (κ2) is 4.99. The average Bonchev–Trinajstić information content (AvgIpc) is 3.08. The normalized spacial score (nSPS) is 11.6. The van der Waals surface area contributed by atoms with Gasteiger partial charge in [-0.1, -0.05) is 0 Å². The van der Waals surface area contributed by atoms with Gasteiger partial charge in [0.2, 0.25) is 0 Å². The van der Waals surface area contributed by atoms with Crippen LogP contribution in [0.1, 0.15) is 10.6 Å². The van der Waals surface area contributed by atoms with Crippen LogP contribution in [0, 0.1) is 0 Å². The molecule has 0 amide bonds. The molecule has 0 spiro atoms. The summed E-state index contributed by atoms with van der Waals surface area (Å²) in [4.78, 5) is 10.7. The number of benzene rings is 1. The van der Waals surface area contributed by atoms with Crippen molar-refractivity contribution in [2.24, 2.45) is 0 Å². The van der Waals surface area contributed by atoms with Crippen LogP contribution >= 0.6 is 0 Å². The summed E-state index contributed by atoms with van der Waals surface area (Å²) in [6.07, 6.45) is 0. The molecule has 8 nitrogen and oxygen atoms in total.